The lowest BCUT2D eigenvalue weighted by atomic mass is 10.0. The quantitative estimate of drug-likeness (QED) is 0.856. The van der Waals surface area contributed by atoms with Gasteiger partial charge in [0, 0.05) is 5.25 Å². The first kappa shape index (κ1) is 12.6. The highest BCUT2D eigenvalue weighted by Crippen LogP contribution is 2.23. The Morgan fingerprint density at radius 2 is 1.82 bits per heavy atom. The molecule has 0 N–H and O–H groups in total. The molecule has 0 spiro atoms. The minimum atomic E-state index is -3.76. The average molecular weight is 273 g/mol. The molecular weight excluding hydrogens is 258 g/mol. The number of hydrogen-bond donors (Lipinski definition) is 1. The zero-order chi connectivity index (χ0) is 12.5. The molecule has 94 valence electrons. The van der Waals surface area contributed by atoms with Crippen molar-refractivity contribution in [3.05, 3.63) is 29.8 Å². The van der Waals surface area contributed by atoms with E-state index in [9.17, 15) is 12.6 Å². The molecule has 2 rings (SSSR count). The minimum absolute atomic E-state index is 0.0368. The second-order valence-electron chi connectivity index (χ2n) is 4.26. The molecular formula is C11H15NO3S2. The average Bonchev–Trinajstić information content (AvgIpc) is 2.14. The van der Waals surface area contributed by atoms with Crippen molar-refractivity contribution in [3.8, 4) is 0 Å². The molecule has 1 aliphatic rings. The van der Waals surface area contributed by atoms with Gasteiger partial charge in [0.2, 0.25) is 0 Å². The number of sulfonamides is 1. The van der Waals surface area contributed by atoms with Gasteiger partial charge in [-0.3, -0.25) is 4.21 Å². The van der Waals surface area contributed by atoms with Gasteiger partial charge in [0.15, 0.2) is 0 Å². The summed E-state index contributed by atoms with van der Waals surface area (Å²) in [6.45, 7) is 1.88. The maximum Gasteiger partial charge on any atom is 0.289 e. The molecule has 1 aromatic rings. The van der Waals surface area contributed by atoms with Crippen LogP contribution in [0.5, 0.6) is 0 Å². The van der Waals surface area contributed by atoms with Gasteiger partial charge in [0.05, 0.1) is 15.5 Å². The van der Waals surface area contributed by atoms with Crippen LogP contribution in [0.1, 0.15) is 24.8 Å². The van der Waals surface area contributed by atoms with Gasteiger partial charge < -0.3 is 0 Å². The van der Waals surface area contributed by atoms with Crippen LogP contribution in [0.15, 0.2) is 32.9 Å². The van der Waals surface area contributed by atoms with E-state index in [2.05, 4.69) is 3.77 Å². The van der Waals surface area contributed by atoms with E-state index in [4.69, 9.17) is 0 Å². The third-order valence-electron chi connectivity index (χ3n) is 2.89. The van der Waals surface area contributed by atoms with Gasteiger partial charge in [-0.15, -0.1) is 3.77 Å². The highest BCUT2D eigenvalue weighted by molar-refractivity contribution is 7.96. The SMILES string of the molecule is Cc1ccc(S(=O)(=O)/N=[SH](=O)/C2CCC2)cc1. The van der Waals surface area contributed by atoms with E-state index in [1.54, 1.807) is 12.1 Å². The Balaban J connectivity index is 2.30. The van der Waals surface area contributed by atoms with Crippen molar-refractivity contribution < 1.29 is 12.6 Å². The Labute approximate surface area is 103 Å². The Morgan fingerprint density at radius 3 is 2.29 bits per heavy atom. The zero-order valence-corrected chi connectivity index (χ0v) is 11.2. The molecule has 0 saturated heterocycles. The fourth-order valence-electron chi connectivity index (χ4n) is 1.54. The molecule has 0 heterocycles. The van der Waals surface area contributed by atoms with Crippen LogP contribution in [0.2, 0.25) is 0 Å². The number of aryl methyl sites for hydroxylation is 1. The largest absolute Gasteiger partial charge is 0.289 e. The van der Waals surface area contributed by atoms with Crippen LogP contribution in [0.4, 0.5) is 0 Å². The van der Waals surface area contributed by atoms with Crippen molar-refractivity contribution in [1.29, 1.82) is 0 Å². The van der Waals surface area contributed by atoms with Gasteiger partial charge in [0.25, 0.3) is 10.0 Å². The molecule has 0 aliphatic heterocycles. The van der Waals surface area contributed by atoms with Crippen molar-refractivity contribution in [3.63, 3.8) is 0 Å². The summed E-state index contributed by atoms with van der Waals surface area (Å²) >= 11 is 0. The lowest BCUT2D eigenvalue weighted by molar-refractivity contribution is 0.508. The predicted octanol–water partition coefficient (Wildman–Crippen LogP) is 1.90. The number of nitrogens with zero attached hydrogens (tertiary/aromatic N) is 1. The van der Waals surface area contributed by atoms with Crippen molar-refractivity contribution in [2.24, 2.45) is 3.77 Å². The maximum atomic E-state index is 11.8. The Hall–Kier alpha value is -0.880. The molecule has 1 fully saturated rings. The topological polar surface area (TPSA) is 63.6 Å². The zero-order valence-electron chi connectivity index (χ0n) is 9.54. The van der Waals surface area contributed by atoms with Gasteiger partial charge in [-0.1, -0.05) is 24.1 Å². The number of rotatable bonds is 3. The van der Waals surface area contributed by atoms with E-state index < -0.39 is 20.6 Å². The van der Waals surface area contributed by atoms with E-state index in [0.717, 1.165) is 24.8 Å². The van der Waals surface area contributed by atoms with E-state index >= 15 is 0 Å². The third kappa shape index (κ3) is 2.87. The first-order chi connectivity index (χ1) is 7.99. The summed E-state index contributed by atoms with van der Waals surface area (Å²) in [5.74, 6) is 0. The normalized spacial score (nSPS) is 18.9. The van der Waals surface area contributed by atoms with Crippen molar-refractivity contribution in [1.82, 2.24) is 0 Å². The summed E-state index contributed by atoms with van der Waals surface area (Å²) in [5.41, 5.74) is 0.979. The molecule has 1 aromatic carbocycles. The van der Waals surface area contributed by atoms with Crippen LogP contribution < -0.4 is 0 Å². The van der Waals surface area contributed by atoms with Gasteiger partial charge in [-0.25, -0.2) is 0 Å². The number of hydrogen-bond acceptors (Lipinski definition) is 3. The monoisotopic (exact) mass is 273 g/mol. The van der Waals surface area contributed by atoms with Crippen LogP contribution in [-0.2, 0) is 20.6 Å². The van der Waals surface area contributed by atoms with Gasteiger partial charge in [-0.05, 0) is 31.9 Å². The minimum Gasteiger partial charge on any atom is -0.251 e. The highest BCUT2D eigenvalue weighted by Gasteiger charge is 2.21. The lowest BCUT2D eigenvalue weighted by Crippen LogP contribution is -2.19. The van der Waals surface area contributed by atoms with E-state index in [-0.39, 0.29) is 10.1 Å². The second-order valence-corrected chi connectivity index (χ2v) is 7.67. The van der Waals surface area contributed by atoms with E-state index in [0.29, 0.717) is 0 Å². The van der Waals surface area contributed by atoms with Crippen molar-refractivity contribution in [2.75, 3.05) is 0 Å². The first-order valence-electron chi connectivity index (χ1n) is 5.50. The van der Waals surface area contributed by atoms with Crippen LogP contribution in [0.25, 0.3) is 0 Å². The highest BCUT2D eigenvalue weighted by atomic mass is 32.3. The van der Waals surface area contributed by atoms with Crippen LogP contribution in [0, 0.1) is 6.92 Å². The molecule has 0 radical (unpaired) electrons. The Bertz CT molecular complexity index is 580. The molecule has 1 unspecified atom stereocenters. The fourth-order valence-corrected chi connectivity index (χ4v) is 4.58. The molecule has 0 aromatic heterocycles. The van der Waals surface area contributed by atoms with Crippen molar-refractivity contribution >= 4 is 20.6 Å². The van der Waals surface area contributed by atoms with E-state index in [1.165, 1.54) is 12.1 Å². The first-order valence-corrected chi connectivity index (χ1v) is 8.22. The maximum absolute atomic E-state index is 11.8. The number of thiol groups is 1. The molecule has 1 aliphatic carbocycles. The van der Waals surface area contributed by atoms with Crippen molar-refractivity contribution in [2.45, 2.75) is 36.3 Å². The summed E-state index contributed by atoms with van der Waals surface area (Å²) in [6.07, 6.45) is 2.66. The summed E-state index contributed by atoms with van der Waals surface area (Å²) in [6, 6.07) is 6.41. The molecule has 6 heteroatoms. The third-order valence-corrected chi connectivity index (χ3v) is 6.41. The van der Waals surface area contributed by atoms with Gasteiger partial charge in [-0.2, -0.15) is 8.42 Å². The number of benzene rings is 1. The summed E-state index contributed by atoms with van der Waals surface area (Å²) in [4.78, 5) is 0.116. The summed E-state index contributed by atoms with van der Waals surface area (Å²) < 4.78 is 38.9. The standard InChI is InChI=1S/C11H15NO3S2/c1-9-5-7-11(8-6-9)17(14,15)12-16(13)10-3-2-4-10/h5-8,10,16H,2-4H2,1H3. The Kier molecular flexibility index (Phi) is 3.53. The van der Waals surface area contributed by atoms with Gasteiger partial charge in [0.1, 0.15) is 0 Å². The molecule has 1 atom stereocenters. The van der Waals surface area contributed by atoms with E-state index in [1.807, 2.05) is 6.92 Å². The molecule has 1 saturated carbocycles. The molecule has 0 amide bonds. The summed E-state index contributed by atoms with van der Waals surface area (Å²) in [7, 11) is -5.74. The fraction of sp³-hybridized carbons (Fsp3) is 0.455. The molecule has 4 nitrogen and oxygen atoms in total. The van der Waals surface area contributed by atoms with Crippen LogP contribution in [0.3, 0.4) is 0 Å². The second kappa shape index (κ2) is 4.78. The van der Waals surface area contributed by atoms with Crippen LogP contribution in [-0.4, -0.2) is 17.9 Å². The molecule has 0 bridgehead atoms. The van der Waals surface area contributed by atoms with Gasteiger partial charge >= 0.3 is 0 Å². The molecule has 17 heavy (non-hydrogen) atoms. The predicted molar refractivity (Wildman–Crippen MR) is 68.0 cm³/mol. The lowest BCUT2D eigenvalue weighted by Gasteiger charge is -2.20. The Morgan fingerprint density at radius 1 is 1.24 bits per heavy atom. The smallest absolute Gasteiger partial charge is 0.251 e. The van der Waals surface area contributed by atoms with Crippen LogP contribution >= 0.6 is 0 Å². The summed E-state index contributed by atoms with van der Waals surface area (Å²) in [5, 5.41) is -0.0368.